The van der Waals surface area contributed by atoms with E-state index >= 15 is 0 Å². The van der Waals surface area contributed by atoms with Crippen LogP contribution in [0, 0.1) is 0 Å². The van der Waals surface area contributed by atoms with Gasteiger partial charge in [0.25, 0.3) is 0 Å². The standard InChI is InChI=1S/C13H17N3O3S/c1-9-8-19-11(7-17)6-16(9)12(18)4-10-5-15-2-3-20-13(15)14-10/h2-3,5,9,11,17H,4,6-8H2,1H3. The van der Waals surface area contributed by atoms with Crippen molar-refractivity contribution < 1.29 is 14.6 Å². The summed E-state index contributed by atoms with van der Waals surface area (Å²) in [6.07, 6.45) is 3.83. The maximum absolute atomic E-state index is 12.4. The molecule has 1 N–H and O–H groups in total. The highest BCUT2D eigenvalue weighted by atomic mass is 32.1. The second kappa shape index (κ2) is 5.51. The molecule has 0 aromatic carbocycles. The number of hydrogen-bond acceptors (Lipinski definition) is 5. The van der Waals surface area contributed by atoms with Gasteiger partial charge in [-0.25, -0.2) is 4.98 Å². The summed E-state index contributed by atoms with van der Waals surface area (Å²) in [7, 11) is 0. The summed E-state index contributed by atoms with van der Waals surface area (Å²) in [5.41, 5.74) is 0.779. The number of fused-ring (bicyclic) bond motifs is 1. The zero-order valence-corrected chi connectivity index (χ0v) is 12.0. The van der Waals surface area contributed by atoms with Crippen LogP contribution in [0.2, 0.25) is 0 Å². The van der Waals surface area contributed by atoms with Crippen LogP contribution in [-0.2, 0) is 16.0 Å². The summed E-state index contributed by atoms with van der Waals surface area (Å²) in [4.78, 5) is 19.5. The number of hydrogen-bond donors (Lipinski definition) is 1. The predicted octanol–water partition coefficient (Wildman–Crippen LogP) is 0.546. The molecule has 20 heavy (non-hydrogen) atoms. The molecule has 6 nitrogen and oxygen atoms in total. The van der Waals surface area contributed by atoms with E-state index in [-0.39, 0.29) is 31.1 Å². The van der Waals surface area contributed by atoms with Crippen molar-refractivity contribution in [2.24, 2.45) is 0 Å². The predicted molar refractivity (Wildman–Crippen MR) is 74.8 cm³/mol. The van der Waals surface area contributed by atoms with Crippen molar-refractivity contribution in [1.82, 2.24) is 14.3 Å². The molecule has 0 aliphatic carbocycles. The highest BCUT2D eigenvalue weighted by Gasteiger charge is 2.29. The molecule has 0 saturated carbocycles. The normalized spacial score (nSPS) is 23.4. The molecule has 2 aromatic rings. The molecule has 2 unspecified atom stereocenters. The van der Waals surface area contributed by atoms with Crippen LogP contribution >= 0.6 is 11.3 Å². The van der Waals surface area contributed by atoms with E-state index in [4.69, 9.17) is 9.84 Å². The number of carbonyl (C=O) groups is 1. The number of rotatable bonds is 3. The summed E-state index contributed by atoms with van der Waals surface area (Å²) < 4.78 is 7.37. The second-order valence-corrected chi connectivity index (χ2v) is 5.91. The van der Waals surface area contributed by atoms with Crippen molar-refractivity contribution in [2.45, 2.75) is 25.5 Å². The number of ether oxygens (including phenoxy) is 1. The molecule has 1 aliphatic heterocycles. The Morgan fingerprint density at radius 3 is 3.25 bits per heavy atom. The minimum absolute atomic E-state index is 0.0324. The first kappa shape index (κ1) is 13.5. The summed E-state index contributed by atoms with van der Waals surface area (Å²) in [6, 6.07) is 0.0361. The lowest BCUT2D eigenvalue weighted by atomic mass is 10.1. The Balaban J connectivity index is 1.69. The Hall–Kier alpha value is -1.44. The fourth-order valence-electron chi connectivity index (χ4n) is 2.39. The lowest BCUT2D eigenvalue weighted by molar-refractivity contribution is -0.145. The number of imidazole rings is 1. The molecule has 2 aromatic heterocycles. The first-order chi connectivity index (χ1) is 9.67. The highest BCUT2D eigenvalue weighted by molar-refractivity contribution is 7.15. The zero-order chi connectivity index (χ0) is 14.1. The number of amides is 1. The fraction of sp³-hybridized carbons (Fsp3) is 0.538. The van der Waals surface area contributed by atoms with Gasteiger partial charge in [0.05, 0.1) is 37.5 Å². The molecule has 3 rings (SSSR count). The number of aliphatic hydroxyl groups excluding tert-OH is 1. The Morgan fingerprint density at radius 1 is 1.65 bits per heavy atom. The maximum atomic E-state index is 12.4. The Morgan fingerprint density at radius 2 is 2.50 bits per heavy atom. The molecule has 3 heterocycles. The van der Waals surface area contributed by atoms with Gasteiger partial charge >= 0.3 is 0 Å². The number of aromatic nitrogens is 2. The summed E-state index contributed by atoms with van der Waals surface area (Å²) in [5.74, 6) is 0.0324. The third kappa shape index (κ3) is 2.56. The van der Waals surface area contributed by atoms with Crippen molar-refractivity contribution in [2.75, 3.05) is 19.8 Å². The molecule has 108 valence electrons. The van der Waals surface area contributed by atoms with Gasteiger partial charge in [-0.05, 0) is 6.92 Å². The SMILES string of the molecule is CC1COC(CO)CN1C(=O)Cc1cn2ccsc2n1. The molecular formula is C13H17N3O3S. The van der Waals surface area contributed by atoms with Crippen LogP contribution in [0.25, 0.3) is 4.96 Å². The third-order valence-electron chi connectivity index (χ3n) is 3.50. The van der Waals surface area contributed by atoms with Gasteiger partial charge < -0.3 is 14.7 Å². The Kier molecular flexibility index (Phi) is 3.73. The second-order valence-electron chi connectivity index (χ2n) is 5.03. The summed E-state index contributed by atoms with van der Waals surface area (Å²) in [5, 5.41) is 11.1. The van der Waals surface area contributed by atoms with Crippen LogP contribution in [0.15, 0.2) is 17.8 Å². The molecule has 7 heteroatoms. The number of morpholine rings is 1. The van der Waals surface area contributed by atoms with Gasteiger partial charge in [-0.3, -0.25) is 9.20 Å². The van der Waals surface area contributed by atoms with Crippen LogP contribution in [0.4, 0.5) is 0 Å². The fourth-order valence-corrected chi connectivity index (χ4v) is 3.11. The van der Waals surface area contributed by atoms with E-state index in [0.717, 1.165) is 10.7 Å². The van der Waals surface area contributed by atoms with Crippen molar-refractivity contribution in [3.05, 3.63) is 23.5 Å². The van der Waals surface area contributed by atoms with Crippen LogP contribution in [0.1, 0.15) is 12.6 Å². The lowest BCUT2D eigenvalue weighted by Gasteiger charge is -2.37. The smallest absolute Gasteiger partial charge is 0.229 e. The van der Waals surface area contributed by atoms with Gasteiger partial charge in [0.1, 0.15) is 0 Å². The molecule has 0 spiro atoms. The van der Waals surface area contributed by atoms with Crippen molar-refractivity contribution in [3.8, 4) is 0 Å². The van der Waals surface area contributed by atoms with Gasteiger partial charge in [0, 0.05) is 24.3 Å². The number of thiazole rings is 1. The van der Waals surface area contributed by atoms with Gasteiger partial charge in [-0.15, -0.1) is 11.3 Å². The third-order valence-corrected chi connectivity index (χ3v) is 4.28. The van der Waals surface area contributed by atoms with Crippen LogP contribution in [0.3, 0.4) is 0 Å². The van der Waals surface area contributed by atoms with E-state index < -0.39 is 0 Å². The average molecular weight is 295 g/mol. The molecule has 0 radical (unpaired) electrons. The van der Waals surface area contributed by atoms with Gasteiger partial charge in [0.15, 0.2) is 4.96 Å². The molecular weight excluding hydrogens is 278 g/mol. The Labute approximate surface area is 120 Å². The molecule has 1 amide bonds. The van der Waals surface area contributed by atoms with E-state index in [2.05, 4.69) is 4.98 Å². The summed E-state index contributed by atoms with van der Waals surface area (Å²) in [6.45, 7) is 2.81. The van der Waals surface area contributed by atoms with Crippen molar-refractivity contribution in [3.63, 3.8) is 0 Å². The van der Waals surface area contributed by atoms with Crippen molar-refractivity contribution in [1.29, 1.82) is 0 Å². The monoisotopic (exact) mass is 295 g/mol. The maximum Gasteiger partial charge on any atom is 0.229 e. The topological polar surface area (TPSA) is 67.1 Å². The first-order valence-corrected chi connectivity index (χ1v) is 7.48. The van der Waals surface area contributed by atoms with Crippen molar-refractivity contribution >= 4 is 22.2 Å². The zero-order valence-electron chi connectivity index (χ0n) is 11.2. The van der Waals surface area contributed by atoms with E-state index in [1.807, 2.05) is 29.1 Å². The lowest BCUT2D eigenvalue weighted by Crippen LogP contribution is -2.52. The van der Waals surface area contributed by atoms with Gasteiger partial charge in [-0.2, -0.15) is 0 Å². The van der Waals surface area contributed by atoms with E-state index in [1.54, 1.807) is 16.2 Å². The van der Waals surface area contributed by atoms with Crippen LogP contribution in [-0.4, -0.2) is 57.2 Å². The minimum atomic E-state index is -0.277. The molecule has 0 bridgehead atoms. The molecule has 1 saturated heterocycles. The summed E-state index contributed by atoms with van der Waals surface area (Å²) >= 11 is 1.55. The highest BCUT2D eigenvalue weighted by Crippen LogP contribution is 2.15. The molecule has 1 fully saturated rings. The van der Waals surface area contributed by atoms with Crippen LogP contribution < -0.4 is 0 Å². The largest absolute Gasteiger partial charge is 0.394 e. The number of nitrogens with zero attached hydrogens (tertiary/aromatic N) is 3. The number of carbonyl (C=O) groups excluding carboxylic acids is 1. The molecule has 1 aliphatic rings. The Bertz CT molecular complexity index is 580. The quantitative estimate of drug-likeness (QED) is 0.898. The van der Waals surface area contributed by atoms with Gasteiger partial charge in [0.2, 0.25) is 5.91 Å². The minimum Gasteiger partial charge on any atom is -0.394 e. The first-order valence-electron chi connectivity index (χ1n) is 6.60. The van der Waals surface area contributed by atoms with Gasteiger partial charge in [-0.1, -0.05) is 0 Å². The van der Waals surface area contributed by atoms with E-state index in [1.165, 1.54) is 0 Å². The van der Waals surface area contributed by atoms with E-state index in [0.29, 0.717) is 13.2 Å². The van der Waals surface area contributed by atoms with Crippen LogP contribution in [0.5, 0.6) is 0 Å². The van der Waals surface area contributed by atoms with E-state index in [9.17, 15) is 4.79 Å². The molecule has 2 atom stereocenters. The average Bonchev–Trinajstić information content (AvgIpc) is 3.00. The number of aliphatic hydroxyl groups is 1.